The van der Waals surface area contributed by atoms with Crippen LogP contribution in [0.4, 0.5) is 8.78 Å². The van der Waals surface area contributed by atoms with Crippen LogP contribution in [0.5, 0.6) is 0 Å². The monoisotopic (exact) mass is 299 g/mol. The molecule has 5 heteroatoms. The van der Waals surface area contributed by atoms with Crippen molar-refractivity contribution in [2.24, 2.45) is 5.73 Å². The summed E-state index contributed by atoms with van der Waals surface area (Å²) in [5.41, 5.74) is 6.21. The van der Waals surface area contributed by atoms with Gasteiger partial charge in [-0.25, -0.2) is 8.78 Å². The van der Waals surface area contributed by atoms with E-state index in [-0.39, 0.29) is 21.8 Å². The Kier molecular flexibility index (Phi) is 4.08. The van der Waals surface area contributed by atoms with Gasteiger partial charge in [0.2, 0.25) is 0 Å². The summed E-state index contributed by atoms with van der Waals surface area (Å²) >= 11 is 11.4. The van der Waals surface area contributed by atoms with Crippen molar-refractivity contribution in [1.82, 2.24) is 0 Å². The van der Waals surface area contributed by atoms with Crippen LogP contribution < -0.4 is 5.73 Å². The number of hydrogen-bond acceptors (Lipinski definition) is 1. The van der Waals surface area contributed by atoms with E-state index in [9.17, 15) is 8.78 Å². The first kappa shape index (κ1) is 13.8. The second-order valence-electron chi connectivity index (χ2n) is 3.89. The Labute approximate surface area is 119 Å². The summed E-state index contributed by atoms with van der Waals surface area (Å²) in [4.78, 5) is 0. The summed E-state index contributed by atoms with van der Waals surface area (Å²) in [6.45, 7) is 0. The molecule has 0 heterocycles. The van der Waals surface area contributed by atoms with Crippen molar-refractivity contribution in [1.29, 1.82) is 0 Å². The van der Waals surface area contributed by atoms with Crippen molar-refractivity contribution in [3.05, 3.63) is 69.2 Å². The minimum absolute atomic E-state index is 0.0929. The molecule has 0 aliphatic rings. The third-order valence-electron chi connectivity index (χ3n) is 2.51. The fourth-order valence-corrected chi connectivity index (χ4v) is 1.93. The van der Waals surface area contributed by atoms with Gasteiger partial charge in [0.25, 0.3) is 0 Å². The van der Waals surface area contributed by atoms with Gasteiger partial charge in [-0.3, -0.25) is 0 Å². The van der Waals surface area contributed by atoms with Gasteiger partial charge in [0, 0.05) is 26.9 Å². The van der Waals surface area contributed by atoms with Gasteiger partial charge in [0.1, 0.15) is 11.6 Å². The molecule has 0 saturated heterocycles. The summed E-state index contributed by atoms with van der Waals surface area (Å²) in [6.07, 6.45) is 1.33. The van der Waals surface area contributed by atoms with Crippen LogP contribution >= 0.6 is 23.2 Å². The van der Waals surface area contributed by atoms with Crippen molar-refractivity contribution < 1.29 is 8.78 Å². The van der Waals surface area contributed by atoms with E-state index >= 15 is 0 Å². The summed E-state index contributed by atoms with van der Waals surface area (Å²) in [7, 11) is 0. The topological polar surface area (TPSA) is 26.0 Å². The first-order chi connectivity index (χ1) is 8.97. The van der Waals surface area contributed by atoms with E-state index < -0.39 is 11.6 Å². The maximum absolute atomic E-state index is 13.7. The molecule has 0 saturated carbocycles. The Hall–Kier alpha value is -1.58. The lowest BCUT2D eigenvalue weighted by Gasteiger charge is -2.05. The van der Waals surface area contributed by atoms with E-state index in [1.165, 1.54) is 36.4 Å². The Morgan fingerprint density at radius 2 is 1.58 bits per heavy atom. The SMILES string of the molecule is N/C(=C\c1cc(Cl)ccc1F)c1ccc(Cl)cc1F. The molecule has 0 radical (unpaired) electrons. The van der Waals surface area contributed by atoms with E-state index in [2.05, 4.69) is 0 Å². The van der Waals surface area contributed by atoms with Crippen LogP contribution in [-0.4, -0.2) is 0 Å². The van der Waals surface area contributed by atoms with Crippen molar-refractivity contribution in [2.75, 3.05) is 0 Å². The lowest BCUT2D eigenvalue weighted by atomic mass is 10.1. The first-order valence-corrected chi connectivity index (χ1v) is 6.10. The van der Waals surface area contributed by atoms with Crippen LogP contribution in [0.15, 0.2) is 36.4 Å². The molecule has 0 aromatic heterocycles. The number of rotatable bonds is 2. The van der Waals surface area contributed by atoms with Gasteiger partial charge in [-0.05, 0) is 42.5 Å². The number of halogens is 4. The molecule has 2 aromatic carbocycles. The maximum atomic E-state index is 13.7. The molecule has 98 valence electrons. The fraction of sp³-hybridized carbons (Fsp3) is 0. The second-order valence-corrected chi connectivity index (χ2v) is 4.76. The van der Waals surface area contributed by atoms with Crippen LogP contribution in [0.3, 0.4) is 0 Å². The van der Waals surface area contributed by atoms with E-state index in [0.717, 1.165) is 6.07 Å². The zero-order chi connectivity index (χ0) is 14.0. The zero-order valence-corrected chi connectivity index (χ0v) is 11.1. The third kappa shape index (κ3) is 3.25. The number of hydrogen-bond donors (Lipinski definition) is 1. The van der Waals surface area contributed by atoms with Gasteiger partial charge in [-0.2, -0.15) is 0 Å². The minimum atomic E-state index is -0.566. The lowest BCUT2D eigenvalue weighted by molar-refractivity contribution is 0.622. The van der Waals surface area contributed by atoms with Gasteiger partial charge >= 0.3 is 0 Å². The highest BCUT2D eigenvalue weighted by Crippen LogP contribution is 2.23. The molecule has 0 unspecified atom stereocenters. The normalized spacial score (nSPS) is 11.7. The van der Waals surface area contributed by atoms with Crippen LogP contribution in [0.1, 0.15) is 11.1 Å². The molecule has 2 aromatic rings. The van der Waals surface area contributed by atoms with E-state index in [4.69, 9.17) is 28.9 Å². The van der Waals surface area contributed by atoms with E-state index in [1.807, 2.05) is 0 Å². The molecule has 2 rings (SSSR count). The van der Waals surface area contributed by atoms with Gasteiger partial charge in [0.15, 0.2) is 0 Å². The van der Waals surface area contributed by atoms with E-state index in [1.54, 1.807) is 0 Å². The maximum Gasteiger partial charge on any atom is 0.133 e. The molecule has 0 spiro atoms. The molecular formula is C14H9Cl2F2N. The first-order valence-electron chi connectivity index (χ1n) is 5.35. The van der Waals surface area contributed by atoms with Crippen molar-refractivity contribution in [3.63, 3.8) is 0 Å². The van der Waals surface area contributed by atoms with E-state index in [0.29, 0.717) is 5.02 Å². The zero-order valence-electron chi connectivity index (χ0n) is 9.63. The number of nitrogens with two attached hydrogens (primary N) is 1. The third-order valence-corrected chi connectivity index (χ3v) is 2.98. The van der Waals surface area contributed by atoms with Crippen molar-refractivity contribution in [2.45, 2.75) is 0 Å². The minimum Gasteiger partial charge on any atom is -0.398 e. The summed E-state index contributed by atoms with van der Waals surface area (Å²) in [6, 6.07) is 8.15. The quantitative estimate of drug-likeness (QED) is 0.797. The van der Waals surface area contributed by atoms with Gasteiger partial charge in [-0.1, -0.05) is 23.2 Å². The molecule has 2 N–H and O–H groups in total. The summed E-state index contributed by atoms with van der Waals surface area (Å²) in [5, 5.41) is 0.639. The summed E-state index contributed by atoms with van der Waals surface area (Å²) < 4.78 is 27.2. The highest BCUT2D eigenvalue weighted by Gasteiger charge is 2.07. The molecule has 0 aliphatic heterocycles. The molecular weight excluding hydrogens is 291 g/mol. The summed E-state index contributed by atoms with van der Waals surface area (Å²) in [5.74, 6) is -1.05. The Morgan fingerprint density at radius 3 is 2.26 bits per heavy atom. The van der Waals surface area contributed by atoms with Crippen LogP contribution in [0.25, 0.3) is 11.8 Å². The Balaban J connectivity index is 2.45. The Morgan fingerprint density at radius 1 is 0.947 bits per heavy atom. The van der Waals surface area contributed by atoms with Gasteiger partial charge in [-0.15, -0.1) is 0 Å². The molecule has 0 atom stereocenters. The van der Waals surface area contributed by atoms with Crippen molar-refractivity contribution in [3.8, 4) is 0 Å². The van der Waals surface area contributed by atoms with Crippen LogP contribution in [-0.2, 0) is 0 Å². The largest absolute Gasteiger partial charge is 0.398 e. The number of benzene rings is 2. The van der Waals surface area contributed by atoms with Gasteiger partial charge < -0.3 is 5.73 Å². The average Bonchev–Trinajstić information content (AvgIpc) is 2.33. The standard InChI is InChI=1S/C14H9Cl2F2N/c15-9-2-4-12(17)8(5-9)6-14(19)11-3-1-10(16)7-13(11)18/h1-7H,19H2/b14-6-. The average molecular weight is 300 g/mol. The predicted octanol–water partition coefficient (Wildman–Crippen LogP) is 4.73. The highest BCUT2D eigenvalue weighted by molar-refractivity contribution is 6.31. The predicted molar refractivity (Wildman–Crippen MR) is 74.9 cm³/mol. The molecule has 0 aliphatic carbocycles. The lowest BCUT2D eigenvalue weighted by Crippen LogP contribution is -1.99. The molecule has 19 heavy (non-hydrogen) atoms. The second kappa shape index (κ2) is 5.59. The molecule has 0 amide bonds. The van der Waals surface area contributed by atoms with Crippen LogP contribution in [0.2, 0.25) is 10.0 Å². The molecule has 1 nitrogen and oxygen atoms in total. The Bertz CT molecular complexity index is 654. The van der Waals surface area contributed by atoms with Crippen LogP contribution in [0, 0.1) is 11.6 Å². The smallest absolute Gasteiger partial charge is 0.133 e. The highest BCUT2D eigenvalue weighted by atomic mass is 35.5. The molecule has 0 bridgehead atoms. The fourth-order valence-electron chi connectivity index (χ4n) is 1.59. The van der Waals surface area contributed by atoms with Crippen molar-refractivity contribution >= 4 is 35.0 Å². The molecule has 0 fully saturated rings. The van der Waals surface area contributed by atoms with Gasteiger partial charge in [0.05, 0.1) is 0 Å².